The Balaban J connectivity index is 1.60. The summed E-state index contributed by atoms with van der Waals surface area (Å²) < 4.78 is 0. The summed E-state index contributed by atoms with van der Waals surface area (Å²) in [5.41, 5.74) is 3.05. The van der Waals surface area contributed by atoms with Gasteiger partial charge in [-0.05, 0) is 103 Å². The lowest BCUT2D eigenvalue weighted by molar-refractivity contribution is -0.0608. The van der Waals surface area contributed by atoms with Crippen molar-refractivity contribution >= 4 is 0 Å². The van der Waals surface area contributed by atoms with Gasteiger partial charge >= 0.3 is 0 Å². The molecule has 0 saturated heterocycles. The van der Waals surface area contributed by atoms with Crippen molar-refractivity contribution in [1.29, 1.82) is 0 Å². The zero-order valence-electron chi connectivity index (χ0n) is 20.9. The zero-order chi connectivity index (χ0) is 21.9. The highest BCUT2D eigenvalue weighted by Gasteiger charge is 2.63. The Labute approximate surface area is 186 Å². The molecule has 0 spiro atoms. The van der Waals surface area contributed by atoms with Crippen molar-refractivity contribution in [2.45, 2.75) is 106 Å². The quantitative estimate of drug-likeness (QED) is 0.467. The molecule has 30 heavy (non-hydrogen) atoms. The Bertz CT molecular complexity index is 703. The van der Waals surface area contributed by atoms with Gasteiger partial charge in [0.05, 0.1) is 6.10 Å². The van der Waals surface area contributed by atoms with Crippen LogP contribution in [0, 0.1) is 51.8 Å². The number of allylic oxidation sites excluding steroid dienone is 4. The second kappa shape index (κ2) is 7.79. The molecule has 0 aromatic carbocycles. The van der Waals surface area contributed by atoms with Gasteiger partial charge in [0.2, 0.25) is 0 Å². The molecule has 4 aliphatic carbocycles. The van der Waals surface area contributed by atoms with Crippen LogP contribution in [0.15, 0.2) is 23.8 Å². The Morgan fingerprint density at radius 2 is 1.70 bits per heavy atom. The van der Waals surface area contributed by atoms with Crippen LogP contribution in [0.4, 0.5) is 0 Å². The third-order valence-electron chi connectivity index (χ3n) is 11.3. The van der Waals surface area contributed by atoms with Crippen LogP contribution in [0.3, 0.4) is 0 Å². The monoisotopic (exact) mass is 412 g/mol. The maximum absolute atomic E-state index is 10.3. The average molecular weight is 413 g/mol. The van der Waals surface area contributed by atoms with Gasteiger partial charge in [0.25, 0.3) is 0 Å². The lowest BCUT2D eigenvalue weighted by Crippen LogP contribution is -2.53. The first kappa shape index (κ1) is 22.6. The molecule has 0 heterocycles. The Morgan fingerprint density at radius 1 is 0.967 bits per heavy atom. The van der Waals surface area contributed by atoms with Crippen molar-refractivity contribution in [2.75, 3.05) is 0 Å². The van der Waals surface area contributed by atoms with E-state index < -0.39 is 0 Å². The van der Waals surface area contributed by atoms with Crippen LogP contribution in [0.2, 0.25) is 0 Å². The van der Waals surface area contributed by atoms with E-state index in [1.165, 1.54) is 38.5 Å². The van der Waals surface area contributed by atoms with Crippen molar-refractivity contribution < 1.29 is 5.11 Å². The number of rotatable bonds is 4. The van der Waals surface area contributed by atoms with E-state index in [1.54, 1.807) is 0 Å². The van der Waals surface area contributed by atoms with E-state index >= 15 is 0 Å². The zero-order valence-corrected chi connectivity index (χ0v) is 20.9. The number of hydrogen-bond donors (Lipinski definition) is 1. The van der Waals surface area contributed by atoms with Gasteiger partial charge in [-0.3, -0.25) is 0 Å². The molecule has 1 N–H and O–H groups in total. The second-order valence-corrected chi connectivity index (χ2v) is 12.9. The van der Waals surface area contributed by atoms with Crippen LogP contribution in [0.5, 0.6) is 0 Å². The average Bonchev–Trinajstić information content (AvgIpc) is 2.97. The van der Waals surface area contributed by atoms with E-state index in [2.05, 4.69) is 66.7 Å². The summed E-state index contributed by atoms with van der Waals surface area (Å²) in [7, 11) is 0. The molecule has 3 saturated carbocycles. The van der Waals surface area contributed by atoms with E-state index in [0.717, 1.165) is 30.6 Å². The van der Waals surface area contributed by atoms with Crippen molar-refractivity contribution in [3.8, 4) is 0 Å². The number of aliphatic hydroxyl groups excluding tert-OH is 1. The Kier molecular flexibility index (Phi) is 5.87. The maximum Gasteiger partial charge on any atom is 0.0543 e. The first-order chi connectivity index (χ1) is 14.0. The van der Waals surface area contributed by atoms with Gasteiger partial charge in [-0.1, -0.05) is 72.3 Å². The molecule has 1 heteroatoms. The smallest absolute Gasteiger partial charge is 0.0543 e. The fourth-order valence-electron chi connectivity index (χ4n) is 8.47. The van der Waals surface area contributed by atoms with Crippen molar-refractivity contribution in [3.63, 3.8) is 0 Å². The van der Waals surface area contributed by atoms with Crippen molar-refractivity contribution in [1.82, 2.24) is 0 Å². The molecule has 4 rings (SSSR count). The van der Waals surface area contributed by atoms with E-state index in [0.29, 0.717) is 34.0 Å². The maximum atomic E-state index is 10.3. The molecule has 0 aromatic rings. The SMILES string of the molecule is CC(C)C(C)C=CC(C)C1CCC2(C)C3=CCC4CC(O)CCC4(C)C3CCC12C. The summed E-state index contributed by atoms with van der Waals surface area (Å²) in [6.07, 6.45) is 17.7. The topological polar surface area (TPSA) is 20.2 Å². The predicted molar refractivity (Wildman–Crippen MR) is 128 cm³/mol. The lowest BCUT2D eigenvalue weighted by Gasteiger charge is -2.61. The number of fused-ring (bicyclic) bond motifs is 5. The first-order valence-electron chi connectivity index (χ1n) is 13.1. The molecular weight excluding hydrogens is 364 g/mol. The molecular formula is C29H48O. The Hall–Kier alpha value is -0.560. The molecule has 0 aromatic heterocycles. The summed E-state index contributed by atoms with van der Waals surface area (Å²) in [5, 5.41) is 10.3. The molecule has 0 amide bonds. The highest BCUT2D eigenvalue weighted by atomic mass is 16.3. The van der Waals surface area contributed by atoms with E-state index in [4.69, 9.17) is 0 Å². The summed E-state index contributed by atoms with van der Waals surface area (Å²) in [4.78, 5) is 0. The fourth-order valence-corrected chi connectivity index (χ4v) is 8.47. The highest BCUT2D eigenvalue weighted by Crippen LogP contribution is 2.72. The molecule has 4 aliphatic rings. The van der Waals surface area contributed by atoms with Gasteiger partial charge in [-0.15, -0.1) is 0 Å². The standard InChI is InChI=1S/C29H48O/c1-19(2)20(3)8-9-21(4)24-13-16-29(7)26-11-10-22-18-23(30)12-15-27(22,5)25(26)14-17-28(24,29)6/h8-9,11,19-25,30H,10,12-18H2,1-7H3. The minimum Gasteiger partial charge on any atom is -0.393 e. The molecule has 3 fully saturated rings. The molecule has 170 valence electrons. The van der Waals surface area contributed by atoms with Gasteiger partial charge in [0, 0.05) is 0 Å². The third kappa shape index (κ3) is 3.28. The van der Waals surface area contributed by atoms with Gasteiger partial charge in [-0.2, -0.15) is 0 Å². The summed E-state index contributed by atoms with van der Waals surface area (Å²) in [6.45, 7) is 17.4. The largest absolute Gasteiger partial charge is 0.393 e. The first-order valence-corrected chi connectivity index (χ1v) is 13.1. The summed E-state index contributed by atoms with van der Waals surface area (Å²) in [6, 6.07) is 0. The van der Waals surface area contributed by atoms with Crippen LogP contribution < -0.4 is 0 Å². The van der Waals surface area contributed by atoms with Crippen molar-refractivity contribution in [2.24, 2.45) is 51.8 Å². The van der Waals surface area contributed by atoms with Gasteiger partial charge in [0.15, 0.2) is 0 Å². The molecule has 0 bridgehead atoms. The van der Waals surface area contributed by atoms with Gasteiger partial charge < -0.3 is 5.11 Å². The number of aliphatic hydroxyl groups is 1. The minimum atomic E-state index is -0.0563. The van der Waals surface area contributed by atoms with Gasteiger partial charge in [-0.25, -0.2) is 0 Å². The summed E-state index contributed by atoms with van der Waals surface area (Å²) >= 11 is 0. The lowest BCUT2D eigenvalue weighted by atomic mass is 9.43. The van der Waals surface area contributed by atoms with Gasteiger partial charge in [0.1, 0.15) is 0 Å². The van der Waals surface area contributed by atoms with Crippen LogP contribution in [-0.2, 0) is 0 Å². The molecule has 0 aliphatic heterocycles. The van der Waals surface area contributed by atoms with Crippen LogP contribution in [0.25, 0.3) is 0 Å². The van der Waals surface area contributed by atoms with E-state index in [9.17, 15) is 5.11 Å². The van der Waals surface area contributed by atoms with E-state index in [1.807, 2.05) is 5.57 Å². The third-order valence-corrected chi connectivity index (χ3v) is 11.3. The molecule has 0 radical (unpaired) electrons. The molecule has 9 atom stereocenters. The van der Waals surface area contributed by atoms with E-state index in [-0.39, 0.29) is 6.10 Å². The number of hydrogen-bond acceptors (Lipinski definition) is 1. The summed E-state index contributed by atoms with van der Waals surface area (Å²) in [5.74, 6) is 4.32. The predicted octanol–water partition coefficient (Wildman–Crippen LogP) is 7.80. The van der Waals surface area contributed by atoms with Crippen LogP contribution in [0.1, 0.15) is 99.8 Å². The van der Waals surface area contributed by atoms with Crippen molar-refractivity contribution in [3.05, 3.63) is 23.8 Å². The molecule has 1 nitrogen and oxygen atoms in total. The highest BCUT2D eigenvalue weighted by molar-refractivity contribution is 5.32. The molecule has 9 unspecified atom stereocenters. The second-order valence-electron chi connectivity index (χ2n) is 12.9. The minimum absolute atomic E-state index is 0.0563. The van der Waals surface area contributed by atoms with Crippen LogP contribution >= 0.6 is 0 Å². The Morgan fingerprint density at radius 3 is 2.40 bits per heavy atom. The normalized spacial score (nSPS) is 48.1. The van der Waals surface area contributed by atoms with Crippen LogP contribution in [-0.4, -0.2) is 11.2 Å². The fraction of sp³-hybridized carbons (Fsp3) is 0.862.